The number of nitrogens with zero attached hydrogens (tertiary/aromatic N) is 3. The van der Waals surface area contributed by atoms with Gasteiger partial charge in [0.15, 0.2) is 0 Å². The number of hydrogen-bond donors (Lipinski definition) is 1. The quantitative estimate of drug-likeness (QED) is 0.495. The molecular weight excluding hydrogens is 460 g/mol. The Hall–Kier alpha value is -3.26. The van der Waals surface area contributed by atoms with Gasteiger partial charge in [-0.05, 0) is 55.2 Å². The highest BCUT2D eigenvalue weighted by Crippen LogP contribution is 2.37. The smallest absolute Gasteiger partial charge is 0.325 e. The first-order valence-electron chi connectivity index (χ1n) is 12.3. The Balaban J connectivity index is 1.27. The van der Waals surface area contributed by atoms with Crippen molar-refractivity contribution in [1.29, 1.82) is 0 Å². The van der Waals surface area contributed by atoms with Crippen LogP contribution in [0.15, 0.2) is 53.9 Å². The summed E-state index contributed by atoms with van der Waals surface area (Å²) < 4.78 is 0. The molecule has 0 aliphatic carbocycles. The fourth-order valence-corrected chi connectivity index (χ4v) is 6.19. The largest absolute Gasteiger partial charge is 0.337 e. The van der Waals surface area contributed by atoms with E-state index < -0.39 is 5.54 Å². The van der Waals surface area contributed by atoms with Gasteiger partial charge in [0.25, 0.3) is 11.8 Å². The van der Waals surface area contributed by atoms with Gasteiger partial charge in [-0.25, -0.2) is 9.78 Å². The number of amides is 4. The average molecular weight is 491 g/mol. The second kappa shape index (κ2) is 9.77. The Labute approximate surface area is 209 Å². The number of urea groups is 1. The zero-order valence-electron chi connectivity index (χ0n) is 19.9. The molecule has 1 atom stereocenters. The molecule has 3 aromatic rings. The Morgan fingerprint density at radius 1 is 1.11 bits per heavy atom. The van der Waals surface area contributed by atoms with Crippen LogP contribution in [-0.2, 0) is 11.2 Å². The van der Waals surface area contributed by atoms with Gasteiger partial charge in [-0.2, -0.15) is 0 Å². The lowest BCUT2D eigenvalue weighted by atomic mass is 9.74. The number of hydrogen-bond acceptors (Lipinski definition) is 5. The Morgan fingerprint density at radius 2 is 1.91 bits per heavy atom. The number of carbonyl (C=O) groups excluding carboxylic acids is 3. The van der Waals surface area contributed by atoms with Crippen LogP contribution in [0.4, 0.5) is 4.79 Å². The predicted molar refractivity (Wildman–Crippen MR) is 136 cm³/mol. The molecule has 2 aromatic heterocycles. The van der Waals surface area contributed by atoms with E-state index in [2.05, 4.69) is 10.3 Å². The van der Waals surface area contributed by atoms with Crippen LogP contribution >= 0.6 is 11.3 Å². The summed E-state index contributed by atoms with van der Waals surface area (Å²) in [6.07, 6.45) is 3.42. The molecule has 5 rings (SSSR count). The first kappa shape index (κ1) is 23.5. The lowest BCUT2D eigenvalue weighted by Gasteiger charge is -2.40. The second-order valence-electron chi connectivity index (χ2n) is 9.39. The Bertz CT molecular complexity index is 1240. The highest BCUT2D eigenvalue weighted by molar-refractivity contribution is 7.09. The summed E-state index contributed by atoms with van der Waals surface area (Å²) in [5, 5.41) is 6.10. The molecule has 1 unspecified atom stereocenters. The number of piperidine rings is 1. The van der Waals surface area contributed by atoms with Gasteiger partial charge in [0, 0.05) is 29.9 Å². The number of thiophene rings is 1. The van der Waals surface area contributed by atoms with Crippen LogP contribution in [0.25, 0.3) is 10.9 Å². The second-order valence-corrected chi connectivity index (χ2v) is 10.4. The van der Waals surface area contributed by atoms with Gasteiger partial charge in [0.05, 0.1) is 5.52 Å². The first-order valence-corrected chi connectivity index (χ1v) is 13.2. The van der Waals surface area contributed by atoms with E-state index in [0.29, 0.717) is 51.0 Å². The van der Waals surface area contributed by atoms with Crippen LogP contribution in [0.5, 0.6) is 0 Å². The molecule has 8 heteroatoms. The molecular formula is C27H30N4O3S. The van der Waals surface area contributed by atoms with Crippen molar-refractivity contribution < 1.29 is 14.4 Å². The number of benzene rings is 1. The number of pyridine rings is 1. The summed E-state index contributed by atoms with van der Waals surface area (Å²) >= 11 is 1.64. The third kappa shape index (κ3) is 4.43. The SMILES string of the molecule is CCCC1(C2CCN(C(=O)c3ccc4ccccc4n3)CC2)NC(=O)N(CCc2cccs2)C1=O. The zero-order chi connectivity index (χ0) is 24.4. The number of likely N-dealkylation sites (tertiary alicyclic amines) is 1. The van der Waals surface area contributed by atoms with Crippen molar-refractivity contribution in [3.05, 3.63) is 64.5 Å². The molecule has 0 bridgehead atoms. The minimum absolute atomic E-state index is 0.000694. The molecule has 35 heavy (non-hydrogen) atoms. The van der Waals surface area contributed by atoms with E-state index in [1.54, 1.807) is 17.4 Å². The first-order chi connectivity index (χ1) is 17.0. The zero-order valence-corrected chi connectivity index (χ0v) is 20.7. The van der Waals surface area contributed by atoms with E-state index in [1.807, 2.05) is 59.7 Å². The topological polar surface area (TPSA) is 82.6 Å². The standard InChI is InChI=1S/C27H30N4O3S/c1-2-14-27(25(33)31(26(34)29-27)17-13-21-7-5-18-35-21)20-11-15-30(16-12-20)24(32)23-10-9-19-6-3-4-8-22(19)28-23/h3-10,18,20H,2,11-17H2,1H3,(H,29,34). The molecule has 4 heterocycles. The molecule has 4 amide bonds. The van der Waals surface area contributed by atoms with Crippen LogP contribution in [-0.4, -0.2) is 57.8 Å². The monoisotopic (exact) mass is 490 g/mol. The van der Waals surface area contributed by atoms with Gasteiger partial charge in [0.2, 0.25) is 0 Å². The number of fused-ring (bicyclic) bond motifs is 1. The molecule has 1 N–H and O–H groups in total. The van der Waals surface area contributed by atoms with E-state index in [9.17, 15) is 14.4 Å². The van der Waals surface area contributed by atoms with Crippen molar-refractivity contribution in [3.8, 4) is 0 Å². The molecule has 2 aliphatic heterocycles. The van der Waals surface area contributed by atoms with E-state index in [4.69, 9.17) is 0 Å². The summed E-state index contributed by atoms with van der Waals surface area (Å²) in [4.78, 5) is 48.6. The maximum absolute atomic E-state index is 13.6. The maximum atomic E-state index is 13.6. The van der Waals surface area contributed by atoms with E-state index in [0.717, 1.165) is 22.2 Å². The summed E-state index contributed by atoms with van der Waals surface area (Å²) in [6, 6.07) is 15.2. The van der Waals surface area contributed by atoms with Crippen molar-refractivity contribution in [1.82, 2.24) is 20.1 Å². The summed E-state index contributed by atoms with van der Waals surface area (Å²) in [6.45, 7) is 3.52. The summed E-state index contributed by atoms with van der Waals surface area (Å²) in [5.74, 6) is -0.195. The number of carbonyl (C=O) groups is 3. The van der Waals surface area contributed by atoms with Crippen LogP contribution < -0.4 is 5.32 Å². The van der Waals surface area contributed by atoms with Crippen LogP contribution in [0.1, 0.15) is 48.0 Å². The van der Waals surface area contributed by atoms with Crippen LogP contribution in [0.3, 0.4) is 0 Å². The number of imide groups is 1. The normalized spacial score (nSPS) is 21.1. The number of aromatic nitrogens is 1. The molecule has 182 valence electrons. The summed E-state index contributed by atoms with van der Waals surface area (Å²) in [7, 11) is 0. The van der Waals surface area contributed by atoms with Gasteiger partial charge < -0.3 is 10.2 Å². The van der Waals surface area contributed by atoms with Gasteiger partial charge in [-0.15, -0.1) is 11.3 Å². The minimum Gasteiger partial charge on any atom is -0.337 e. The molecule has 0 spiro atoms. The number of nitrogens with one attached hydrogen (secondary N) is 1. The number of rotatable bonds is 7. The van der Waals surface area contributed by atoms with Gasteiger partial charge >= 0.3 is 6.03 Å². The summed E-state index contributed by atoms with van der Waals surface area (Å²) in [5.41, 5.74) is 0.366. The third-order valence-electron chi connectivity index (χ3n) is 7.30. The number of para-hydroxylation sites is 1. The van der Waals surface area contributed by atoms with E-state index >= 15 is 0 Å². The highest BCUT2D eigenvalue weighted by atomic mass is 32.1. The van der Waals surface area contributed by atoms with Crippen molar-refractivity contribution in [3.63, 3.8) is 0 Å². The van der Waals surface area contributed by atoms with Crippen LogP contribution in [0.2, 0.25) is 0 Å². The fraction of sp³-hybridized carbons (Fsp3) is 0.407. The van der Waals surface area contributed by atoms with Crippen LogP contribution in [0, 0.1) is 5.92 Å². The van der Waals surface area contributed by atoms with E-state index in [1.165, 1.54) is 4.90 Å². The van der Waals surface area contributed by atoms with Crippen molar-refractivity contribution >= 4 is 40.1 Å². The Kier molecular flexibility index (Phi) is 6.56. The molecule has 0 radical (unpaired) electrons. The van der Waals surface area contributed by atoms with Crippen molar-refractivity contribution in [2.24, 2.45) is 5.92 Å². The lowest BCUT2D eigenvalue weighted by molar-refractivity contribution is -0.134. The predicted octanol–water partition coefficient (Wildman–Crippen LogP) is 4.48. The lowest BCUT2D eigenvalue weighted by Crippen LogP contribution is -2.56. The molecule has 2 aliphatic rings. The average Bonchev–Trinajstić information content (AvgIpc) is 3.49. The van der Waals surface area contributed by atoms with Crippen molar-refractivity contribution in [2.45, 2.75) is 44.6 Å². The Morgan fingerprint density at radius 3 is 2.66 bits per heavy atom. The fourth-order valence-electron chi connectivity index (χ4n) is 5.49. The van der Waals surface area contributed by atoms with Gasteiger partial charge in [-0.3, -0.25) is 14.5 Å². The molecule has 2 saturated heterocycles. The highest BCUT2D eigenvalue weighted by Gasteiger charge is 2.55. The minimum atomic E-state index is -0.877. The maximum Gasteiger partial charge on any atom is 0.325 e. The molecule has 1 aromatic carbocycles. The molecule has 7 nitrogen and oxygen atoms in total. The van der Waals surface area contributed by atoms with Crippen molar-refractivity contribution in [2.75, 3.05) is 19.6 Å². The molecule has 2 fully saturated rings. The molecule has 0 saturated carbocycles. The third-order valence-corrected chi connectivity index (χ3v) is 8.24. The van der Waals surface area contributed by atoms with Gasteiger partial charge in [-0.1, -0.05) is 43.7 Å². The van der Waals surface area contributed by atoms with Gasteiger partial charge in [0.1, 0.15) is 11.2 Å². The van der Waals surface area contributed by atoms with E-state index in [-0.39, 0.29) is 23.8 Å².